The summed E-state index contributed by atoms with van der Waals surface area (Å²) in [5, 5.41) is 4.48. The monoisotopic (exact) mass is 531 g/mol. The van der Waals surface area contributed by atoms with Crippen molar-refractivity contribution >= 4 is 23.2 Å². The predicted octanol–water partition coefficient (Wildman–Crippen LogP) is 8.42. The summed E-state index contributed by atoms with van der Waals surface area (Å²) in [6.07, 6.45) is 16.1. The normalized spacial score (nSPS) is 15.1. The molecule has 0 N–H and O–H groups in total. The molecule has 0 radical (unpaired) electrons. The Balaban J connectivity index is 1.33. The molecule has 2 nitrogen and oxygen atoms in total. The largest absolute Gasteiger partial charge is 0.348 e. The standard InChI is InChI=1S/C35H48O2P/c1-2-3-4-6-18-27-35(36-29-30-37-35)28-19-7-5-8-20-31-38(32-21-12-9-13-22-32,33-23-14-10-15-24-33)34-25-16-11-17-26-34/h9-17,21-26H,2-8,18-20,27-31H2,1H3/q+1. The average molecular weight is 532 g/mol. The molecule has 3 heteroatoms. The van der Waals surface area contributed by atoms with Crippen molar-refractivity contribution in [2.75, 3.05) is 19.4 Å². The Kier molecular flexibility index (Phi) is 11.9. The molecule has 0 aromatic heterocycles. The van der Waals surface area contributed by atoms with Gasteiger partial charge in [0.15, 0.2) is 5.79 Å². The van der Waals surface area contributed by atoms with Crippen molar-refractivity contribution in [3.8, 4) is 0 Å². The molecule has 0 amide bonds. The zero-order valence-electron chi connectivity index (χ0n) is 23.5. The molecule has 1 aliphatic rings. The highest BCUT2D eigenvalue weighted by Crippen LogP contribution is 2.56. The summed E-state index contributed by atoms with van der Waals surface area (Å²) >= 11 is 0. The number of unbranched alkanes of at least 4 members (excludes halogenated alkanes) is 8. The summed E-state index contributed by atoms with van der Waals surface area (Å²) in [6.45, 7) is 3.80. The quantitative estimate of drug-likeness (QED) is 0.129. The number of rotatable bonds is 17. The van der Waals surface area contributed by atoms with Gasteiger partial charge < -0.3 is 9.47 Å². The van der Waals surface area contributed by atoms with E-state index in [4.69, 9.17) is 9.47 Å². The number of ether oxygens (including phenoxy) is 2. The number of hydrogen-bond donors (Lipinski definition) is 0. The predicted molar refractivity (Wildman–Crippen MR) is 166 cm³/mol. The van der Waals surface area contributed by atoms with Crippen LogP contribution < -0.4 is 15.9 Å². The van der Waals surface area contributed by atoms with E-state index in [-0.39, 0.29) is 5.79 Å². The van der Waals surface area contributed by atoms with Gasteiger partial charge in [-0.2, -0.15) is 0 Å². The number of benzene rings is 3. The van der Waals surface area contributed by atoms with Crippen LogP contribution in [0, 0.1) is 0 Å². The van der Waals surface area contributed by atoms with Crippen molar-refractivity contribution in [3.63, 3.8) is 0 Å². The molecule has 204 valence electrons. The molecule has 0 atom stereocenters. The van der Waals surface area contributed by atoms with Crippen LogP contribution in [0.2, 0.25) is 0 Å². The van der Waals surface area contributed by atoms with Crippen LogP contribution in [0.1, 0.15) is 84.0 Å². The molecule has 1 aliphatic heterocycles. The van der Waals surface area contributed by atoms with Gasteiger partial charge in [-0.05, 0) is 62.1 Å². The number of hydrogen-bond acceptors (Lipinski definition) is 2. The van der Waals surface area contributed by atoms with E-state index in [1.807, 2.05) is 0 Å². The zero-order chi connectivity index (χ0) is 26.4. The third kappa shape index (κ3) is 7.78. The first kappa shape index (κ1) is 29.0. The fourth-order valence-corrected chi connectivity index (χ4v) is 10.5. The lowest BCUT2D eigenvalue weighted by Crippen LogP contribution is -2.33. The van der Waals surface area contributed by atoms with Crippen LogP contribution in [-0.2, 0) is 9.47 Å². The zero-order valence-corrected chi connectivity index (χ0v) is 24.4. The van der Waals surface area contributed by atoms with E-state index in [1.54, 1.807) is 0 Å². The van der Waals surface area contributed by atoms with Gasteiger partial charge in [0.25, 0.3) is 0 Å². The molecule has 0 spiro atoms. The molecule has 3 aromatic carbocycles. The molecule has 0 saturated carbocycles. The fraction of sp³-hybridized carbons (Fsp3) is 0.486. The summed E-state index contributed by atoms with van der Waals surface area (Å²) in [7, 11) is -1.70. The SMILES string of the molecule is CCCCCCCC1(CCCCCCC[P+](c2ccccc2)(c2ccccc2)c2ccccc2)OCCO1. The van der Waals surface area contributed by atoms with Crippen LogP contribution in [0.15, 0.2) is 91.0 Å². The minimum absolute atomic E-state index is 0.291. The highest BCUT2D eigenvalue weighted by molar-refractivity contribution is 7.95. The van der Waals surface area contributed by atoms with E-state index in [0.717, 1.165) is 26.1 Å². The van der Waals surface area contributed by atoms with Crippen LogP contribution in [0.25, 0.3) is 0 Å². The summed E-state index contributed by atoms with van der Waals surface area (Å²) in [6, 6.07) is 33.8. The molecule has 0 bridgehead atoms. The first-order valence-corrected chi connectivity index (χ1v) is 17.1. The van der Waals surface area contributed by atoms with Crippen LogP contribution >= 0.6 is 7.26 Å². The second-order valence-electron chi connectivity index (χ2n) is 10.8. The Bertz CT molecular complexity index is 919. The Morgan fingerprint density at radius 2 is 0.921 bits per heavy atom. The Morgan fingerprint density at radius 1 is 0.526 bits per heavy atom. The maximum Gasteiger partial charge on any atom is 0.168 e. The van der Waals surface area contributed by atoms with Gasteiger partial charge in [-0.1, -0.05) is 100 Å². The highest BCUT2D eigenvalue weighted by Gasteiger charge is 2.44. The molecule has 4 rings (SSSR count). The minimum Gasteiger partial charge on any atom is -0.348 e. The van der Waals surface area contributed by atoms with Gasteiger partial charge in [-0.15, -0.1) is 0 Å². The highest BCUT2D eigenvalue weighted by atomic mass is 31.2. The van der Waals surface area contributed by atoms with Crippen LogP contribution in [-0.4, -0.2) is 25.2 Å². The second-order valence-corrected chi connectivity index (χ2v) is 14.4. The van der Waals surface area contributed by atoms with Gasteiger partial charge in [0.1, 0.15) is 23.2 Å². The first-order chi connectivity index (χ1) is 18.8. The Morgan fingerprint density at radius 3 is 1.37 bits per heavy atom. The third-order valence-electron chi connectivity index (χ3n) is 8.12. The van der Waals surface area contributed by atoms with Crippen LogP contribution in [0.4, 0.5) is 0 Å². The van der Waals surface area contributed by atoms with Crippen molar-refractivity contribution in [1.82, 2.24) is 0 Å². The van der Waals surface area contributed by atoms with E-state index in [1.165, 1.54) is 86.3 Å². The maximum atomic E-state index is 6.15. The van der Waals surface area contributed by atoms with Crippen molar-refractivity contribution < 1.29 is 9.47 Å². The maximum absolute atomic E-state index is 6.15. The second kappa shape index (κ2) is 15.6. The molecule has 0 aliphatic carbocycles. The van der Waals surface area contributed by atoms with Gasteiger partial charge >= 0.3 is 0 Å². The molecule has 1 heterocycles. The Labute approximate surface area is 232 Å². The molecule has 1 fully saturated rings. The average Bonchev–Trinajstić information content (AvgIpc) is 3.45. The minimum atomic E-state index is -1.70. The van der Waals surface area contributed by atoms with E-state index in [0.29, 0.717) is 0 Å². The topological polar surface area (TPSA) is 18.5 Å². The van der Waals surface area contributed by atoms with Gasteiger partial charge in [-0.3, -0.25) is 0 Å². The molecular weight excluding hydrogens is 483 g/mol. The lowest BCUT2D eigenvalue weighted by Gasteiger charge is -2.28. The van der Waals surface area contributed by atoms with Gasteiger partial charge in [0, 0.05) is 12.8 Å². The van der Waals surface area contributed by atoms with Crippen molar-refractivity contribution in [2.45, 2.75) is 89.8 Å². The van der Waals surface area contributed by atoms with Crippen LogP contribution in [0.5, 0.6) is 0 Å². The fourth-order valence-electron chi connectivity index (χ4n) is 6.06. The van der Waals surface area contributed by atoms with Gasteiger partial charge in [0.05, 0.1) is 19.4 Å². The molecule has 38 heavy (non-hydrogen) atoms. The lowest BCUT2D eigenvalue weighted by molar-refractivity contribution is -0.168. The summed E-state index contributed by atoms with van der Waals surface area (Å²) < 4.78 is 12.3. The molecule has 1 saturated heterocycles. The van der Waals surface area contributed by atoms with E-state index in [9.17, 15) is 0 Å². The van der Waals surface area contributed by atoms with E-state index >= 15 is 0 Å². The lowest BCUT2D eigenvalue weighted by atomic mass is 9.99. The van der Waals surface area contributed by atoms with Crippen molar-refractivity contribution in [2.24, 2.45) is 0 Å². The molecule has 3 aromatic rings. The van der Waals surface area contributed by atoms with Crippen LogP contribution in [0.3, 0.4) is 0 Å². The van der Waals surface area contributed by atoms with E-state index < -0.39 is 7.26 Å². The first-order valence-electron chi connectivity index (χ1n) is 15.1. The summed E-state index contributed by atoms with van der Waals surface area (Å²) in [5.74, 6) is -0.291. The summed E-state index contributed by atoms with van der Waals surface area (Å²) in [5.41, 5.74) is 0. The molecular formula is C35H48O2P+. The molecule has 0 unspecified atom stereocenters. The van der Waals surface area contributed by atoms with Crippen molar-refractivity contribution in [1.29, 1.82) is 0 Å². The van der Waals surface area contributed by atoms with Crippen molar-refractivity contribution in [3.05, 3.63) is 91.0 Å². The van der Waals surface area contributed by atoms with Gasteiger partial charge in [-0.25, -0.2) is 0 Å². The summed E-state index contributed by atoms with van der Waals surface area (Å²) in [4.78, 5) is 0. The Hall–Kier alpha value is -1.99. The van der Waals surface area contributed by atoms with Gasteiger partial charge in [0.2, 0.25) is 0 Å². The third-order valence-corrected chi connectivity index (χ3v) is 12.6. The van der Waals surface area contributed by atoms with E-state index in [2.05, 4.69) is 97.9 Å². The smallest absolute Gasteiger partial charge is 0.168 e.